The third kappa shape index (κ3) is 6.81. The Morgan fingerprint density at radius 1 is 1.04 bits per heavy atom. The van der Waals surface area contributed by atoms with Gasteiger partial charge in [0.15, 0.2) is 0 Å². The molecule has 0 spiro atoms. The molecule has 4 heteroatoms. The predicted octanol–water partition coefficient (Wildman–Crippen LogP) is 3.59. The van der Waals surface area contributed by atoms with Crippen LogP contribution in [-0.2, 0) is 16.0 Å². The predicted molar refractivity (Wildman–Crippen MR) is 109 cm³/mol. The van der Waals surface area contributed by atoms with Gasteiger partial charge in [-0.05, 0) is 36.9 Å². The van der Waals surface area contributed by atoms with Crippen LogP contribution in [0.2, 0.25) is 0 Å². The summed E-state index contributed by atoms with van der Waals surface area (Å²) in [5, 5.41) is 3.04. The van der Waals surface area contributed by atoms with Crippen molar-refractivity contribution in [2.75, 3.05) is 32.8 Å². The lowest BCUT2D eigenvalue weighted by atomic mass is 10.1. The third-order valence-electron chi connectivity index (χ3n) is 5.03. The van der Waals surface area contributed by atoms with Crippen LogP contribution in [0.1, 0.15) is 36.5 Å². The molecule has 1 saturated heterocycles. The molecule has 1 aliphatic heterocycles. The SMILES string of the molecule is O=C(CCc1ccccc1)NCCCCN1CCOC(c2ccccc2)C1. The monoisotopic (exact) mass is 366 g/mol. The highest BCUT2D eigenvalue weighted by Crippen LogP contribution is 2.21. The van der Waals surface area contributed by atoms with Gasteiger partial charge in [-0.25, -0.2) is 0 Å². The van der Waals surface area contributed by atoms with Crippen molar-refractivity contribution in [1.82, 2.24) is 10.2 Å². The number of amides is 1. The molecule has 0 bridgehead atoms. The van der Waals surface area contributed by atoms with E-state index >= 15 is 0 Å². The van der Waals surface area contributed by atoms with Crippen LogP contribution in [0.3, 0.4) is 0 Å². The van der Waals surface area contributed by atoms with Crippen molar-refractivity contribution < 1.29 is 9.53 Å². The van der Waals surface area contributed by atoms with E-state index in [1.54, 1.807) is 0 Å². The van der Waals surface area contributed by atoms with E-state index in [2.05, 4.69) is 46.6 Å². The zero-order valence-electron chi connectivity index (χ0n) is 16.0. The van der Waals surface area contributed by atoms with Crippen molar-refractivity contribution in [2.24, 2.45) is 0 Å². The van der Waals surface area contributed by atoms with Crippen molar-refractivity contribution >= 4 is 5.91 Å². The molecule has 1 unspecified atom stereocenters. The van der Waals surface area contributed by atoms with Crippen LogP contribution in [0.15, 0.2) is 60.7 Å². The molecule has 1 atom stereocenters. The minimum absolute atomic E-state index is 0.148. The van der Waals surface area contributed by atoms with Crippen molar-refractivity contribution in [1.29, 1.82) is 0 Å². The quantitative estimate of drug-likeness (QED) is 0.690. The summed E-state index contributed by atoms with van der Waals surface area (Å²) in [5.41, 5.74) is 2.47. The zero-order chi connectivity index (χ0) is 18.7. The van der Waals surface area contributed by atoms with Gasteiger partial charge in [-0.15, -0.1) is 0 Å². The van der Waals surface area contributed by atoms with Crippen molar-refractivity contribution in [2.45, 2.75) is 31.8 Å². The standard InChI is InChI=1S/C23H30N2O2/c26-23(14-13-20-9-3-1-4-10-20)24-15-7-8-16-25-17-18-27-22(19-25)21-11-5-2-6-12-21/h1-6,9-12,22H,7-8,13-19H2,(H,24,26). The van der Waals surface area contributed by atoms with E-state index in [0.717, 1.165) is 52.0 Å². The Hall–Kier alpha value is -2.17. The number of ether oxygens (including phenoxy) is 1. The maximum Gasteiger partial charge on any atom is 0.220 e. The number of unbranched alkanes of at least 4 members (excludes halogenated alkanes) is 1. The molecular weight excluding hydrogens is 336 g/mol. The van der Waals surface area contributed by atoms with Gasteiger partial charge in [0, 0.05) is 26.1 Å². The van der Waals surface area contributed by atoms with Gasteiger partial charge in [0.1, 0.15) is 0 Å². The molecule has 144 valence electrons. The van der Waals surface area contributed by atoms with E-state index in [-0.39, 0.29) is 12.0 Å². The van der Waals surface area contributed by atoms with E-state index in [1.165, 1.54) is 11.1 Å². The fourth-order valence-corrected chi connectivity index (χ4v) is 3.45. The zero-order valence-corrected chi connectivity index (χ0v) is 16.0. The molecule has 0 aliphatic carbocycles. The average Bonchev–Trinajstić information content (AvgIpc) is 2.74. The Labute approximate surface area is 162 Å². The van der Waals surface area contributed by atoms with Gasteiger partial charge in [0.05, 0.1) is 12.7 Å². The Morgan fingerprint density at radius 2 is 1.78 bits per heavy atom. The lowest BCUT2D eigenvalue weighted by Gasteiger charge is -2.33. The Morgan fingerprint density at radius 3 is 2.56 bits per heavy atom. The molecule has 1 heterocycles. The van der Waals surface area contributed by atoms with E-state index in [9.17, 15) is 4.79 Å². The topological polar surface area (TPSA) is 41.6 Å². The number of hydrogen-bond donors (Lipinski definition) is 1. The van der Waals surface area contributed by atoms with E-state index in [1.807, 2.05) is 24.3 Å². The minimum Gasteiger partial charge on any atom is -0.371 e. The van der Waals surface area contributed by atoms with Crippen molar-refractivity contribution in [3.63, 3.8) is 0 Å². The Balaban J connectivity index is 1.27. The molecular formula is C23H30N2O2. The maximum atomic E-state index is 11.9. The second-order valence-corrected chi connectivity index (χ2v) is 7.11. The van der Waals surface area contributed by atoms with Crippen LogP contribution in [0, 0.1) is 0 Å². The molecule has 4 nitrogen and oxygen atoms in total. The van der Waals surface area contributed by atoms with Crippen LogP contribution in [0.5, 0.6) is 0 Å². The summed E-state index contributed by atoms with van der Waals surface area (Å²) < 4.78 is 5.92. The number of nitrogens with zero attached hydrogens (tertiary/aromatic N) is 1. The summed E-state index contributed by atoms with van der Waals surface area (Å²) >= 11 is 0. The number of aryl methyl sites for hydroxylation is 1. The van der Waals surface area contributed by atoms with Gasteiger partial charge in [-0.3, -0.25) is 9.69 Å². The molecule has 3 rings (SSSR count). The molecule has 27 heavy (non-hydrogen) atoms. The molecule has 2 aromatic carbocycles. The number of carbonyl (C=O) groups excluding carboxylic acids is 1. The summed E-state index contributed by atoms with van der Waals surface area (Å²) in [6.45, 7) is 4.56. The summed E-state index contributed by atoms with van der Waals surface area (Å²) in [5.74, 6) is 0.148. The molecule has 0 radical (unpaired) electrons. The summed E-state index contributed by atoms with van der Waals surface area (Å²) in [4.78, 5) is 14.4. The van der Waals surface area contributed by atoms with Crippen molar-refractivity contribution in [3.8, 4) is 0 Å². The van der Waals surface area contributed by atoms with Crippen LogP contribution in [0.25, 0.3) is 0 Å². The molecule has 1 amide bonds. The summed E-state index contributed by atoms with van der Waals surface area (Å²) in [6, 6.07) is 20.6. The Kier molecular flexibility index (Phi) is 7.87. The fraction of sp³-hybridized carbons (Fsp3) is 0.435. The largest absolute Gasteiger partial charge is 0.371 e. The van der Waals surface area contributed by atoms with Crippen molar-refractivity contribution in [3.05, 3.63) is 71.8 Å². The van der Waals surface area contributed by atoms with E-state index in [0.29, 0.717) is 6.42 Å². The van der Waals surface area contributed by atoms with Gasteiger partial charge in [-0.2, -0.15) is 0 Å². The molecule has 0 aromatic heterocycles. The highest BCUT2D eigenvalue weighted by Gasteiger charge is 2.21. The Bertz CT molecular complexity index is 675. The normalized spacial score (nSPS) is 17.6. The summed E-state index contributed by atoms with van der Waals surface area (Å²) in [6.07, 6.45) is 3.66. The lowest BCUT2D eigenvalue weighted by Crippen LogP contribution is -2.39. The van der Waals surface area contributed by atoms with Crippen LogP contribution < -0.4 is 5.32 Å². The average molecular weight is 367 g/mol. The van der Waals surface area contributed by atoms with E-state index < -0.39 is 0 Å². The van der Waals surface area contributed by atoms with Gasteiger partial charge < -0.3 is 10.1 Å². The highest BCUT2D eigenvalue weighted by atomic mass is 16.5. The van der Waals surface area contributed by atoms with Crippen LogP contribution in [-0.4, -0.2) is 43.6 Å². The number of hydrogen-bond acceptors (Lipinski definition) is 3. The number of morpholine rings is 1. The second-order valence-electron chi connectivity index (χ2n) is 7.11. The number of carbonyl (C=O) groups is 1. The molecule has 2 aromatic rings. The first-order chi connectivity index (χ1) is 13.3. The van der Waals surface area contributed by atoms with Gasteiger partial charge in [-0.1, -0.05) is 60.7 Å². The second kappa shape index (κ2) is 10.9. The highest BCUT2D eigenvalue weighted by molar-refractivity contribution is 5.76. The van der Waals surface area contributed by atoms with Gasteiger partial charge in [0.25, 0.3) is 0 Å². The molecule has 1 N–H and O–H groups in total. The first kappa shape index (κ1) is 19.6. The van der Waals surface area contributed by atoms with Crippen LogP contribution in [0.4, 0.5) is 0 Å². The van der Waals surface area contributed by atoms with Gasteiger partial charge in [0.2, 0.25) is 5.91 Å². The molecule has 1 fully saturated rings. The minimum atomic E-state index is 0.148. The first-order valence-electron chi connectivity index (χ1n) is 10.0. The number of benzene rings is 2. The fourth-order valence-electron chi connectivity index (χ4n) is 3.45. The third-order valence-corrected chi connectivity index (χ3v) is 5.03. The lowest BCUT2D eigenvalue weighted by molar-refractivity contribution is -0.121. The maximum absolute atomic E-state index is 11.9. The molecule has 1 aliphatic rings. The number of nitrogens with one attached hydrogen (secondary N) is 1. The number of rotatable bonds is 9. The summed E-state index contributed by atoms with van der Waals surface area (Å²) in [7, 11) is 0. The van der Waals surface area contributed by atoms with Crippen LogP contribution >= 0.6 is 0 Å². The van der Waals surface area contributed by atoms with Gasteiger partial charge >= 0.3 is 0 Å². The van der Waals surface area contributed by atoms with E-state index in [4.69, 9.17) is 4.74 Å². The smallest absolute Gasteiger partial charge is 0.220 e. The first-order valence-corrected chi connectivity index (χ1v) is 10.0. The molecule has 0 saturated carbocycles.